The number of aromatic nitrogens is 5. The standard InChI is InChI=1S/C24H24N6O2/c1-31-21-6-5-16(10-22(21)32-2)23-19(13-27-29-23)15-30-9-7-20-18(14-30)12-26-24(28-20)17-4-3-8-25-11-17/h3-6,8,10-13H,7,9,14-15H2,1-2H3,(H,27,29). The quantitative estimate of drug-likeness (QED) is 0.503. The van der Waals surface area contributed by atoms with Crippen LogP contribution in [0.2, 0.25) is 0 Å². The Morgan fingerprint density at radius 3 is 2.75 bits per heavy atom. The Morgan fingerprint density at radius 1 is 1.03 bits per heavy atom. The molecule has 1 N–H and O–H groups in total. The van der Waals surface area contributed by atoms with E-state index in [1.165, 1.54) is 5.56 Å². The molecule has 1 aromatic carbocycles. The van der Waals surface area contributed by atoms with Gasteiger partial charge in [0.05, 0.1) is 31.8 Å². The third-order valence-corrected chi connectivity index (χ3v) is 5.72. The summed E-state index contributed by atoms with van der Waals surface area (Å²) in [6.45, 7) is 2.51. The number of pyridine rings is 1. The molecule has 3 aromatic heterocycles. The Morgan fingerprint density at radius 2 is 1.94 bits per heavy atom. The van der Waals surface area contributed by atoms with Crippen molar-refractivity contribution in [1.82, 2.24) is 30.0 Å². The van der Waals surface area contributed by atoms with E-state index in [4.69, 9.17) is 14.5 Å². The zero-order valence-corrected chi connectivity index (χ0v) is 18.1. The average molecular weight is 428 g/mol. The molecule has 1 aliphatic heterocycles. The summed E-state index contributed by atoms with van der Waals surface area (Å²) in [5, 5.41) is 7.44. The molecule has 4 heterocycles. The largest absolute Gasteiger partial charge is 0.493 e. The van der Waals surface area contributed by atoms with Gasteiger partial charge in [-0.1, -0.05) is 0 Å². The fourth-order valence-electron chi connectivity index (χ4n) is 4.06. The maximum absolute atomic E-state index is 5.46. The highest BCUT2D eigenvalue weighted by atomic mass is 16.5. The average Bonchev–Trinajstić information content (AvgIpc) is 3.31. The van der Waals surface area contributed by atoms with Gasteiger partial charge in [-0.25, -0.2) is 9.97 Å². The number of hydrogen-bond acceptors (Lipinski definition) is 7. The summed E-state index contributed by atoms with van der Waals surface area (Å²) in [6.07, 6.45) is 8.27. The Kier molecular flexibility index (Phi) is 5.51. The predicted molar refractivity (Wildman–Crippen MR) is 120 cm³/mol. The lowest BCUT2D eigenvalue weighted by molar-refractivity contribution is 0.243. The molecule has 0 amide bonds. The lowest BCUT2D eigenvalue weighted by atomic mass is 10.0. The fraction of sp³-hybridized carbons (Fsp3) is 0.250. The van der Waals surface area contributed by atoms with Crippen molar-refractivity contribution in [2.45, 2.75) is 19.5 Å². The molecule has 0 radical (unpaired) electrons. The van der Waals surface area contributed by atoms with Gasteiger partial charge in [0.25, 0.3) is 0 Å². The minimum atomic E-state index is 0.694. The third kappa shape index (κ3) is 3.92. The molecule has 5 rings (SSSR count). The van der Waals surface area contributed by atoms with Crippen molar-refractivity contribution in [3.05, 3.63) is 71.9 Å². The van der Waals surface area contributed by atoms with Crippen LogP contribution in [0.15, 0.2) is 55.1 Å². The molecular weight excluding hydrogens is 404 g/mol. The van der Waals surface area contributed by atoms with Crippen LogP contribution >= 0.6 is 0 Å². The van der Waals surface area contributed by atoms with Gasteiger partial charge in [0.2, 0.25) is 0 Å². The molecule has 162 valence electrons. The molecule has 4 aromatic rings. The zero-order chi connectivity index (χ0) is 21.9. The molecule has 0 fully saturated rings. The molecule has 0 saturated heterocycles. The van der Waals surface area contributed by atoms with Crippen LogP contribution in [0.1, 0.15) is 16.8 Å². The highest BCUT2D eigenvalue weighted by molar-refractivity contribution is 5.66. The van der Waals surface area contributed by atoms with Crippen molar-refractivity contribution in [3.63, 3.8) is 0 Å². The summed E-state index contributed by atoms with van der Waals surface area (Å²) >= 11 is 0. The number of ether oxygens (including phenoxy) is 2. The summed E-state index contributed by atoms with van der Waals surface area (Å²) in [7, 11) is 3.28. The number of methoxy groups -OCH3 is 2. The molecule has 32 heavy (non-hydrogen) atoms. The molecule has 0 spiro atoms. The second-order valence-corrected chi connectivity index (χ2v) is 7.71. The minimum absolute atomic E-state index is 0.694. The second kappa shape index (κ2) is 8.76. The van der Waals surface area contributed by atoms with Crippen molar-refractivity contribution in [3.8, 4) is 34.1 Å². The molecule has 0 saturated carbocycles. The monoisotopic (exact) mass is 428 g/mol. The van der Waals surface area contributed by atoms with Crippen molar-refractivity contribution in [1.29, 1.82) is 0 Å². The van der Waals surface area contributed by atoms with Crippen molar-refractivity contribution < 1.29 is 9.47 Å². The zero-order valence-electron chi connectivity index (χ0n) is 18.1. The number of benzene rings is 1. The van der Waals surface area contributed by atoms with Crippen molar-refractivity contribution >= 4 is 0 Å². The fourth-order valence-corrected chi connectivity index (χ4v) is 4.06. The first-order valence-electron chi connectivity index (χ1n) is 10.5. The van der Waals surface area contributed by atoms with Crippen LogP contribution in [-0.2, 0) is 19.5 Å². The Labute approximate surface area is 186 Å². The Hall–Kier alpha value is -3.78. The van der Waals surface area contributed by atoms with E-state index in [0.29, 0.717) is 11.5 Å². The van der Waals surface area contributed by atoms with Crippen molar-refractivity contribution in [2.24, 2.45) is 0 Å². The first kappa shape index (κ1) is 20.1. The molecule has 8 nitrogen and oxygen atoms in total. The molecule has 0 unspecified atom stereocenters. The summed E-state index contributed by atoms with van der Waals surface area (Å²) in [6, 6.07) is 9.78. The molecular formula is C24H24N6O2. The normalized spacial score (nSPS) is 13.6. The van der Waals surface area contributed by atoms with Gasteiger partial charge in [-0.2, -0.15) is 5.10 Å². The minimum Gasteiger partial charge on any atom is -0.493 e. The number of nitrogens with one attached hydrogen (secondary N) is 1. The predicted octanol–water partition coefficient (Wildman–Crippen LogP) is 3.50. The number of rotatable bonds is 6. The number of fused-ring (bicyclic) bond motifs is 1. The van der Waals surface area contributed by atoms with E-state index in [-0.39, 0.29) is 0 Å². The van der Waals surface area contributed by atoms with Crippen LogP contribution in [0.25, 0.3) is 22.6 Å². The summed E-state index contributed by atoms with van der Waals surface area (Å²) < 4.78 is 10.8. The first-order valence-corrected chi connectivity index (χ1v) is 10.5. The van der Waals surface area contributed by atoms with Gasteiger partial charge in [0.15, 0.2) is 17.3 Å². The summed E-state index contributed by atoms with van der Waals surface area (Å²) in [5.41, 5.74) is 6.35. The smallest absolute Gasteiger partial charge is 0.161 e. The number of aromatic amines is 1. The highest BCUT2D eigenvalue weighted by Gasteiger charge is 2.21. The van der Waals surface area contributed by atoms with Gasteiger partial charge >= 0.3 is 0 Å². The van der Waals surface area contributed by atoms with Crippen LogP contribution in [0, 0.1) is 0 Å². The maximum atomic E-state index is 5.46. The Bertz CT molecular complexity index is 1220. The van der Waals surface area contributed by atoms with Crippen LogP contribution in [0.5, 0.6) is 11.5 Å². The molecule has 0 atom stereocenters. The van der Waals surface area contributed by atoms with Gasteiger partial charge in [0, 0.05) is 66.9 Å². The van der Waals surface area contributed by atoms with E-state index in [1.54, 1.807) is 26.6 Å². The second-order valence-electron chi connectivity index (χ2n) is 7.71. The van der Waals surface area contributed by atoms with Crippen LogP contribution in [0.4, 0.5) is 0 Å². The lowest BCUT2D eigenvalue weighted by Crippen LogP contribution is -2.31. The molecule has 8 heteroatoms. The van der Waals surface area contributed by atoms with Gasteiger partial charge < -0.3 is 9.47 Å². The lowest BCUT2D eigenvalue weighted by Gasteiger charge is -2.28. The Balaban J connectivity index is 1.34. The van der Waals surface area contributed by atoms with E-state index in [1.807, 2.05) is 42.7 Å². The number of nitrogens with zero attached hydrogens (tertiary/aromatic N) is 5. The van der Waals surface area contributed by atoms with Gasteiger partial charge in [-0.15, -0.1) is 0 Å². The summed E-state index contributed by atoms with van der Waals surface area (Å²) in [5.74, 6) is 2.13. The highest BCUT2D eigenvalue weighted by Crippen LogP contribution is 2.33. The first-order chi connectivity index (χ1) is 15.7. The third-order valence-electron chi connectivity index (χ3n) is 5.72. The van der Waals surface area contributed by atoms with E-state index < -0.39 is 0 Å². The number of hydrogen-bond donors (Lipinski definition) is 1. The molecule has 1 aliphatic rings. The molecule has 0 bridgehead atoms. The number of H-pyrrole nitrogens is 1. The van der Waals surface area contributed by atoms with Crippen molar-refractivity contribution in [2.75, 3.05) is 20.8 Å². The van der Waals surface area contributed by atoms with E-state index in [0.717, 1.165) is 60.0 Å². The van der Waals surface area contributed by atoms with E-state index in [2.05, 4.69) is 25.1 Å². The van der Waals surface area contributed by atoms with Gasteiger partial charge in [-0.3, -0.25) is 15.0 Å². The molecule has 0 aliphatic carbocycles. The summed E-state index contributed by atoms with van der Waals surface area (Å²) in [4.78, 5) is 15.9. The van der Waals surface area contributed by atoms with E-state index in [9.17, 15) is 0 Å². The SMILES string of the molecule is COc1ccc(-c2[nH]ncc2CN2CCc3nc(-c4cccnc4)ncc3C2)cc1OC. The van der Waals surface area contributed by atoms with Crippen LogP contribution in [0.3, 0.4) is 0 Å². The maximum Gasteiger partial charge on any atom is 0.161 e. The van der Waals surface area contributed by atoms with Crippen LogP contribution in [-0.4, -0.2) is 50.8 Å². The van der Waals surface area contributed by atoms with Gasteiger partial charge in [-0.05, 0) is 30.3 Å². The van der Waals surface area contributed by atoms with Crippen LogP contribution < -0.4 is 9.47 Å². The topological polar surface area (TPSA) is 89.1 Å². The van der Waals surface area contributed by atoms with E-state index >= 15 is 0 Å². The van der Waals surface area contributed by atoms with Gasteiger partial charge in [0.1, 0.15) is 0 Å².